The predicted molar refractivity (Wildman–Crippen MR) is 65.8 cm³/mol. The van der Waals surface area contributed by atoms with Crippen LogP contribution in [-0.4, -0.2) is 21.1 Å². The highest BCUT2D eigenvalue weighted by Gasteiger charge is 2.14. The Morgan fingerprint density at radius 1 is 1.56 bits per heavy atom. The maximum atomic E-state index is 13.0. The predicted octanol–water partition coefficient (Wildman–Crippen LogP) is 1.47. The molecule has 2 heterocycles. The molecular weight excluding hydrogens is 257 g/mol. The van der Waals surface area contributed by atoms with Crippen molar-refractivity contribution in [2.24, 2.45) is 0 Å². The van der Waals surface area contributed by atoms with E-state index in [-0.39, 0.29) is 11.4 Å². The van der Waals surface area contributed by atoms with Gasteiger partial charge in [0.05, 0.1) is 11.8 Å². The number of nitrogens with two attached hydrogens (primary N) is 1. The Hall–Kier alpha value is -2.09. The number of aryl methyl sites for hydroxylation is 1. The summed E-state index contributed by atoms with van der Waals surface area (Å²) in [6.45, 7) is 1.93. The second-order valence-electron chi connectivity index (χ2n) is 3.39. The van der Waals surface area contributed by atoms with E-state index in [0.29, 0.717) is 5.13 Å². The SMILES string of the molecule is CCc1nnc(NC(=O)c2cc(F)cnc2N)s1. The molecule has 2 rings (SSSR count). The van der Waals surface area contributed by atoms with Crippen LogP contribution < -0.4 is 11.1 Å². The van der Waals surface area contributed by atoms with Crippen molar-refractivity contribution in [1.29, 1.82) is 0 Å². The van der Waals surface area contributed by atoms with Gasteiger partial charge in [-0.15, -0.1) is 10.2 Å². The van der Waals surface area contributed by atoms with E-state index in [1.807, 2.05) is 6.92 Å². The first-order chi connectivity index (χ1) is 8.60. The summed E-state index contributed by atoms with van der Waals surface area (Å²) >= 11 is 1.26. The average molecular weight is 267 g/mol. The molecule has 2 aromatic rings. The molecule has 0 spiro atoms. The molecule has 6 nitrogen and oxygen atoms in total. The van der Waals surface area contributed by atoms with Crippen LogP contribution in [0.5, 0.6) is 0 Å². The zero-order chi connectivity index (χ0) is 13.1. The lowest BCUT2D eigenvalue weighted by Gasteiger charge is -2.03. The first kappa shape index (κ1) is 12.4. The fraction of sp³-hybridized carbons (Fsp3) is 0.200. The topological polar surface area (TPSA) is 93.8 Å². The summed E-state index contributed by atoms with van der Waals surface area (Å²) in [5.74, 6) is -1.21. The highest BCUT2D eigenvalue weighted by Crippen LogP contribution is 2.18. The van der Waals surface area contributed by atoms with Crippen LogP contribution in [0.15, 0.2) is 12.3 Å². The molecule has 0 aliphatic heterocycles. The van der Waals surface area contributed by atoms with Crippen LogP contribution in [0.4, 0.5) is 15.3 Å². The van der Waals surface area contributed by atoms with Gasteiger partial charge in [0.2, 0.25) is 5.13 Å². The van der Waals surface area contributed by atoms with Gasteiger partial charge in [-0.25, -0.2) is 9.37 Å². The molecule has 1 amide bonds. The van der Waals surface area contributed by atoms with Crippen LogP contribution in [0.2, 0.25) is 0 Å². The molecule has 3 N–H and O–H groups in total. The first-order valence-electron chi connectivity index (χ1n) is 5.15. The van der Waals surface area contributed by atoms with Gasteiger partial charge in [-0.1, -0.05) is 18.3 Å². The van der Waals surface area contributed by atoms with Crippen molar-refractivity contribution in [1.82, 2.24) is 15.2 Å². The number of carbonyl (C=O) groups excluding carboxylic acids is 1. The van der Waals surface area contributed by atoms with Crippen molar-refractivity contribution in [3.8, 4) is 0 Å². The van der Waals surface area contributed by atoms with Crippen molar-refractivity contribution in [2.45, 2.75) is 13.3 Å². The second-order valence-corrected chi connectivity index (χ2v) is 4.46. The molecule has 0 aromatic carbocycles. The monoisotopic (exact) mass is 267 g/mol. The molecule has 94 valence electrons. The molecule has 0 bridgehead atoms. The summed E-state index contributed by atoms with van der Waals surface area (Å²) in [6, 6.07) is 1.03. The van der Waals surface area contributed by atoms with Crippen molar-refractivity contribution in [3.05, 3.63) is 28.7 Å². The first-order valence-corrected chi connectivity index (χ1v) is 5.96. The summed E-state index contributed by atoms with van der Waals surface area (Å²) in [6.07, 6.45) is 1.68. The summed E-state index contributed by atoms with van der Waals surface area (Å²) in [4.78, 5) is 15.4. The third-order valence-electron chi connectivity index (χ3n) is 2.12. The quantitative estimate of drug-likeness (QED) is 0.878. The molecule has 0 unspecified atom stereocenters. The number of anilines is 2. The van der Waals surface area contributed by atoms with Crippen molar-refractivity contribution in [3.63, 3.8) is 0 Å². The molecule has 18 heavy (non-hydrogen) atoms. The number of halogens is 1. The molecule has 0 aliphatic rings. The van der Waals surface area contributed by atoms with Gasteiger partial charge < -0.3 is 5.73 Å². The van der Waals surface area contributed by atoms with E-state index in [2.05, 4.69) is 20.5 Å². The standard InChI is InChI=1S/C10H10FN5OS/c1-2-7-15-16-10(18-7)14-9(17)6-3-5(11)4-13-8(6)12/h3-4H,2H2,1H3,(H2,12,13)(H,14,16,17). The Bertz CT molecular complexity index is 585. The maximum Gasteiger partial charge on any atom is 0.261 e. The van der Waals surface area contributed by atoms with E-state index in [0.717, 1.165) is 23.7 Å². The van der Waals surface area contributed by atoms with Crippen LogP contribution in [0, 0.1) is 5.82 Å². The lowest BCUT2D eigenvalue weighted by molar-refractivity contribution is 0.102. The molecule has 0 atom stereocenters. The van der Waals surface area contributed by atoms with E-state index in [1.165, 1.54) is 11.3 Å². The zero-order valence-corrected chi connectivity index (χ0v) is 10.3. The Kier molecular flexibility index (Phi) is 3.47. The van der Waals surface area contributed by atoms with Gasteiger partial charge in [-0.2, -0.15) is 0 Å². The third-order valence-corrected chi connectivity index (χ3v) is 3.10. The van der Waals surface area contributed by atoms with Crippen molar-refractivity contribution < 1.29 is 9.18 Å². The summed E-state index contributed by atoms with van der Waals surface area (Å²) in [5.41, 5.74) is 5.48. The van der Waals surface area contributed by atoms with Gasteiger partial charge >= 0.3 is 0 Å². The largest absolute Gasteiger partial charge is 0.383 e. The number of hydrogen-bond donors (Lipinski definition) is 2. The number of nitrogen functional groups attached to an aromatic ring is 1. The number of rotatable bonds is 3. The number of carbonyl (C=O) groups is 1. The number of nitrogens with one attached hydrogen (secondary N) is 1. The fourth-order valence-corrected chi connectivity index (χ4v) is 1.92. The van der Waals surface area contributed by atoms with E-state index in [9.17, 15) is 9.18 Å². The zero-order valence-electron chi connectivity index (χ0n) is 9.48. The van der Waals surface area contributed by atoms with Gasteiger partial charge in [0, 0.05) is 0 Å². The number of nitrogens with zero attached hydrogens (tertiary/aromatic N) is 3. The highest BCUT2D eigenvalue weighted by molar-refractivity contribution is 7.15. The third kappa shape index (κ3) is 2.59. The molecule has 0 aliphatic carbocycles. The number of pyridine rings is 1. The molecule has 0 fully saturated rings. The number of aromatic nitrogens is 3. The van der Waals surface area contributed by atoms with Gasteiger partial charge in [0.25, 0.3) is 5.91 Å². The Morgan fingerprint density at radius 2 is 2.33 bits per heavy atom. The maximum absolute atomic E-state index is 13.0. The van der Waals surface area contributed by atoms with Crippen LogP contribution in [0.3, 0.4) is 0 Å². The summed E-state index contributed by atoms with van der Waals surface area (Å²) in [5, 5.41) is 11.3. The van der Waals surface area contributed by atoms with Gasteiger partial charge in [0.15, 0.2) is 0 Å². The van der Waals surface area contributed by atoms with Gasteiger partial charge in [-0.05, 0) is 12.5 Å². The van der Waals surface area contributed by atoms with E-state index >= 15 is 0 Å². The second kappa shape index (κ2) is 5.05. The highest BCUT2D eigenvalue weighted by atomic mass is 32.1. The number of hydrogen-bond acceptors (Lipinski definition) is 6. The van der Waals surface area contributed by atoms with E-state index < -0.39 is 11.7 Å². The molecule has 0 radical (unpaired) electrons. The number of amides is 1. The average Bonchev–Trinajstić information content (AvgIpc) is 2.80. The molecule has 0 saturated carbocycles. The van der Waals surface area contributed by atoms with E-state index in [4.69, 9.17) is 5.73 Å². The van der Waals surface area contributed by atoms with Crippen LogP contribution in [-0.2, 0) is 6.42 Å². The Labute approximate surface area is 106 Å². The normalized spacial score (nSPS) is 10.3. The lowest BCUT2D eigenvalue weighted by atomic mass is 10.2. The van der Waals surface area contributed by atoms with Crippen LogP contribution in [0.25, 0.3) is 0 Å². The minimum Gasteiger partial charge on any atom is -0.383 e. The Balaban J connectivity index is 2.19. The minimum atomic E-state index is -0.624. The summed E-state index contributed by atoms with van der Waals surface area (Å²) in [7, 11) is 0. The molecular formula is C10H10FN5OS. The summed E-state index contributed by atoms with van der Waals surface area (Å²) < 4.78 is 13.0. The Morgan fingerprint density at radius 3 is 3.00 bits per heavy atom. The van der Waals surface area contributed by atoms with Crippen molar-refractivity contribution >= 4 is 28.2 Å². The molecule has 0 saturated heterocycles. The molecule has 8 heteroatoms. The van der Waals surface area contributed by atoms with Gasteiger partial charge in [0.1, 0.15) is 16.6 Å². The van der Waals surface area contributed by atoms with Gasteiger partial charge in [-0.3, -0.25) is 10.1 Å². The lowest BCUT2D eigenvalue weighted by Crippen LogP contribution is -2.15. The molecule has 2 aromatic heterocycles. The van der Waals surface area contributed by atoms with Crippen LogP contribution in [0.1, 0.15) is 22.3 Å². The minimum absolute atomic E-state index is 0.0248. The smallest absolute Gasteiger partial charge is 0.261 e. The van der Waals surface area contributed by atoms with E-state index in [1.54, 1.807) is 0 Å². The van der Waals surface area contributed by atoms with Crippen molar-refractivity contribution in [2.75, 3.05) is 11.1 Å². The fourth-order valence-electron chi connectivity index (χ4n) is 1.24. The van der Waals surface area contributed by atoms with Crippen LogP contribution >= 0.6 is 11.3 Å².